The maximum atomic E-state index is 9.11. The van der Waals surface area contributed by atoms with E-state index in [9.17, 15) is 0 Å². The van der Waals surface area contributed by atoms with Crippen LogP contribution in [0.1, 0.15) is 5.56 Å². The number of aromatic amines is 1. The summed E-state index contributed by atoms with van der Waals surface area (Å²) in [5.41, 5.74) is 3.35. The first kappa shape index (κ1) is 20.5. The van der Waals surface area contributed by atoms with Crippen molar-refractivity contribution in [2.75, 3.05) is 36.5 Å². The van der Waals surface area contributed by atoms with Crippen LogP contribution in [0.2, 0.25) is 10.0 Å². The molecule has 5 rings (SSSR count). The third-order valence-corrected chi connectivity index (χ3v) is 5.78. The van der Waals surface area contributed by atoms with Crippen LogP contribution in [0.4, 0.5) is 17.3 Å². The summed E-state index contributed by atoms with van der Waals surface area (Å²) in [4.78, 5) is 19.1. The number of ether oxygens (including phenoxy) is 1. The van der Waals surface area contributed by atoms with Gasteiger partial charge in [-0.3, -0.25) is 0 Å². The van der Waals surface area contributed by atoms with Crippen LogP contribution in [0.15, 0.2) is 42.7 Å². The molecule has 0 atom stereocenters. The molecule has 1 aliphatic rings. The van der Waals surface area contributed by atoms with Crippen molar-refractivity contribution < 1.29 is 4.74 Å². The van der Waals surface area contributed by atoms with E-state index in [1.165, 1.54) is 0 Å². The molecule has 3 aromatic heterocycles. The number of halogens is 2. The number of hydrogen-bond acceptors (Lipinski definition) is 7. The fourth-order valence-electron chi connectivity index (χ4n) is 3.60. The first-order valence-corrected chi connectivity index (χ1v) is 10.7. The summed E-state index contributed by atoms with van der Waals surface area (Å²) >= 11 is 12.8. The minimum atomic E-state index is 0.343. The van der Waals surface area contributed by atoms with Gasteiger partial charge in [0, 0.05) is 19.3 Å². The average Bonchev–Trinajstić information content (AvgIpc) is 3.24. The number of fused-ring (bicyclic) bond motifs is 1. The fraction of sp³-hybridized carbons (Fsp3) is 0.182. The number of nitrogens with one attached hydrogen (secondary N) is 2. The van der Waals surface area contributed by atoms with Crippen LogP contribution in [-0.4, -0.2) is 46.2 Å². The third-order valence-electron chi connectivity index (χ3n) is 5.18. The van der Waals surface area contributed by atoms with Crippen molar-refractivity contribution in [3.8, 4) is 17.5 Å². The van der Waals surface area contributed by atoms with Gasteiger partial charge in [-0.05, 0) is 30.3 Å². The zero-order valence-corrected chi connectivity index (χ0v) is 18.3. The van der Waals surface area contributed by atoms with Gasteiger partial charge >= 0.3 is 0 Å². The van der Waals surface area contributed by atoms with Crippen molar-refractivity contribution in [1.82, 2.24) is 19.9 Å². The van der Waals surface area contributed by atoms with Crippen molar-refractivity contribution in [2.24, 2.45) is 0 Å². The van der Waals surface area contributed by atoms with Gasteiger partial charge in [-0.25, -0.2) is 15.0 Å². The number of benzene rings is 1. The number of nitriles is 1. The summed E-state index contributed by atoms with van der Waals surface area (Å²) in [6, 6.07) is 10.9. The van der Waals surface area contributed by atoms with Gasteiger partial charge in [-0.2, -0.15) is 5.26 Å². The number of aromatic nitrogens is 4. The number of hydrogen-bond donors (Lipinski definition) is 2. The molecule has 4 heterocycles. The summed E-state index contributed by atoms with van der Waals surface area (Å²) in [6.07, 6.45) is 3.51. The number of morpholine rings is 1. The molecular formula is C22H17Cl2N7O. The molecule has 1 fully saturated rings. The summed E-state index contributed by atoms with van der Waals surface area (Å²) in [6.45, 7) is 3.15. The van der Waals surface area contributed by atoms with E-state index in [-0.39, 0.29) is 0 Å². The standard InChI is InChI=1S/C22H17Cl2N7O/c23-15-9-13(11-25)10-16(24)19(15)21-28-17-3-4-26-22(20(17)30-21)29-18-2-1-14(12-27-18)31-5-7-32-8-6-31/h1-4,9-10,12H,5-8H2,(H,28,30)(H,26,27,29). The Kier molecular flexibility index (Phi) is 5.53. The highest BCUT2D eigenvalue weighted by atomic mass is 35.5. The number of nitrogens with zero attached hydrogens (tertiary/aromatic N) is 5. The number of imidazole rings is 1. The lowest BCUT2D eigenvalue weighted by Crippen LogP contribution is -2.36. The van der Waals surface area contributed by atoms with E-state index < -0.39 is 0 Å². The molecule has 1 saturated heterocycles. The molecule has 0 spiro atoms. The lowest BCUT2D eigenvalue weighted by molar-refractivity contribution is 0.122. The van der Waals surface area contributed by atoms with Crippen molar-refractivity contribution >= 4 is 51.6 Å². The van der Waals surface area contributed by atoms with Crippen LogP contribution in [0.3, 0.4) is 0 Å². The lowest BCUT2D eigenvalue weighted by Gasteiger charge is -2.28. The van der Waals surface area contributed by atoms with Gasteiger partial charge in [-0.1, -0.05) is 23.2 Å². The molecule has 0 bridgehead atoms. The molecular weight excluding hydrogens is 449 g/mol. The van der Waals surface area contributed by atoms with E-state index in [2.05, 4.69) is 30.2 Å². The highest BCUT2D eigenvalue weighted by Crippen LogP contribution is 2.36. The Bertz CT molecular complexity index is 1300. The lowest BCUT2D eigenvalue weighted by atomic mass is 10.1. The Hall–Kier alpha value is -3.38. The van der Waals surface area contributed by atoms with Gasteiger partial charge < -0.3 is 19.9 Å². The molecule has 10 heteroatoms. The largest absolute Gasteiger partial charge is 0.378 e. The van der Waals surface area contributed by atoms with Gasteiger partial charge in [0.1, 0.15) is 17.2 Å². The number of anilines is 3. The first-order valence-electron chi connectivity index (χ1n) is 9.92. The Morgan fingerprint density at radius 3 is 2.56 bits per heavy atom. The molecule has 4 aromatic rings. The molecule has 0 radical (unpaired) electrons. The first-order chi connectivity index (χ1) is 15.6. The van der Waals surface area contributed by atoms with Crippen LogP contribution in [0.25, 0.3) is 22.4 Å². The van der Waals surface area contributed by atoms with Crippen molar-refractivity contribution in [1.29, 1.82) is 5.26 Å². The maximum absolute atomic E-state index is 9.11. The van der Waals surface area contributed by atoms with Crippen molar-refractivity contribution in [3.63, 3.8) is 0 Å². The minimum Gasteiger partial charge on any atom is -0.378 e. The summed E-state index contributed by atoms with van der Waals surface area (Å²) in [5.74, 6) is 1.70. The van der Waals surface area contributed by atoms with Gasteiger partial charge in [0.05, 0.1) is 57.9 Å². The van der Waals surface area contributed by atoms with E-state index in [1.807, 2.05) is 30.5 Å². The summed E-state index contributed by atoms with van der Waals surface area (Å²) in [7, 11) is 0. The molecule has 0 aliphatic carbocycles. The zero-order chi connectivity index (χ0) is 22.1. The van der Waals surface area contributed by atoms with Gasteiger partial charge in [-0.15, -0.1) is 0 Å². The minimum absolute atomic E-state index is 0.343. The molecule has 1 aromatic carbocycles. The topological polar surface area (TPSA) is 103 Å². The second-order valence-electron chi connectivity index (χ2n) is 7.19. The molecule has 160 valence electrons. The van der Waals surface area contributed by atoms with Gasteiger partial charge in [0.2, 0.25) is 0 Å². The molecule has 8 nitrogen and oxygen atoms in total. The molecule has 0 amide bonds. The second-order valence-corrected chi connectivity index (χ2v) is 8.01. The molecule has 0 saturated carbocycles. The van der Waals surface area contributed by atoms with Crippen LogP contribution < -0.4 is 10.2 Å². The molecule has 0 unspecified atom stereocenters. The number of H-pyrrole nitrogens is 1. The van der Waals surface area contributed by atoms with Crippen LogP contribution in [0.5, 0.6) is 0 Å². The second kappa shape index (κ2) is 8.63. The van der Waals surface area contributed by atoms with E-state index >= 15 is 0 Å². The third kappa shape index (κ3) is 3.94. The van der Waals surface area contributed by atoms with Gasteiger partial charge in [0.25, 0.3) is 0 Å². The number of pyridine rings is 2. The molecule has 1 aliphatic heterocycles. The van der Waals surface area contributed by atoms with Crippen LogP contribution >= 0.6 is 23.2 Å². The Morgan fingerprint density at radius 2 is 1.88 bits per heavy atom. The Morgan fingerprint density at radius 1 is 1.09 bits per heavy atom. The predicted octanol–water partition coefficient (Wildman–Crippen LogP) is 4.78. The van der Waals surface area contributed by atoms with E-state index in [4.69, 9.17) is 33.2 Å². The summed E-state index contributed by atoms with van der Waals surface area (Å²) in [5, 5.41) is 13.0. The van der Waals surface area contributed by atoms with Crippen molar-refractivity contribution in [2.45, 2.75) is 0 Å². The zero-order valence-electron chi connectivity index (χ0n) is 16.8. The van der Waals surface area contributed by atoms with Crippen LogP contribution in [-0.2, 0) is 4.74 Å². The average molecular weight is 466 g/mol. The molecule has 32 heavy (non-hydrogen) atoms. The maximum Gasteiger partial charge on any atom is 0.159 e. The van der Waals surface area contributed by atoms with E-state index in [1.54, 1.807) is 18.3 Å². The quantitative estimate of drug-likeness (QED) is 0.446. The van der Waals surface area contributed by atoms with E-state index in [0.717, 1.165) is 37.5 Å². The normalized spacial score (nSPS) is 13.8. The van der Waals surface area contributed by atoms with Crippen molar-refractivity contribution in [3.05, 3.63) is 58.3 Å². The number of rotatable bonds is 4. The summed E-state index contributed by atoms with van der Waals surface area (Å²) < 4.78 is 5.40. The van der Waals surface area contributed by atoms with Crippen LogP contribution in [0, 0.1) is 11.3 Å². The smallest absolute Gasteiger partial charge is 0.159 e. The highest BCUT2D eigenvalue weighted by Gasteiger charge is 2.17. The van der Waals surface area contributed by atoms with E-state index in [0.29, 0.717) is 44.1 Å². The van der Waals surface area contributed by atoms with Gasteiger partial charge in [0.15, 0.2) is 5.82 Å². The molecule has 2 N–H and O–H groups in total. The monoisotopic (exact) mass is 465 g/mol. The predicted molar refractivity (Wildman–Crippen MR) is 125 cm³/mol. The SMILES string of the molecule is N#Cc1cc(Cl)c(-c2nc3c(Nc4ccc(N5CCOCC5)cn4)nccc3[nH]2)c(Cl)c1. The Balaban J connectivity index is 1.45. The highest BCUT2D eigenvalue weighted by molar-refractivity contribution is 6.39. The Labute approximate surface area is 193 Å². The fourth-order valence-corrected chi connectivity index (χ4v) is 4.27.